The normalized spacial score (nSPS) is 24.9. The number of sulfonamides is 1. The molecule has 22 heavy (non-hydrogen) atoms. The van der Waals surface area contributed by atoms with Gasteiger partial charge in [0.1, 0.15) is 0 Å². The van der Waals surface area contributed by atoms with E-state index in [2.05, 4.69) is 5.32 Å². The standard InChI is InChI=1S/C14H16Cl2N2O3S/c1-9-4-2-3-7-18(9)22(20,21)10-5-6-12-11(8-10)14(15,16)13(19)17-12/h5-6,8-9H,2-4,7H2,1H3,(H,17,19). The van der Waals surface area contributed by atoms with E-state index in [1.807, 2.05) is 6.92 Å². The zero-order valence-electron chi connectivity index (χ0n) is 12.0. The van der Waals surface area contributed by atoms with Crippen LogP contribution in [-0.2, 0) is 19.2 Å². The summed E-state index contributed by atoms with van der Waals surface area (Å²) in [4.78, 5) is 11.8. The van der Waals surface area contributed by atoms with Crippen LogP contribution in [0.25, 0.3) is 0 Å². The number of hydrogen-bond acceptors (Lipinski definition) is 3. The lowest BCUT2D eigenvalue weighted by molar-refractivity contribution is -0.116. The van der Waals surface area contributed by atoms with Crippen LogP contribution in [0.4, 0.5) is 5.69 Å². The first-order valence-corrected chi connectivity index (χ1v) is 9.30. The molecule has 2 aliphatic heterocycles. The average molecular weight is 363 g/mol. The largest absolute Gasteiger partial charge is 0.323 e. The molecule has 0 aliphatic carbocycles. The molecule has 0 radical (unpaired) electrons. The molecule has 120 valence electrons. The Bertz CT molecular complexity index is 734. The predicted molar refractivity (Wildman–Crippen MR) is 85.7 cm³/mol. The van der Waals surface area contributed by atoms with Crippen molar-refractivity contribution in [2.24, 2.45) is 0 Å². The van der Waals surface area contributed by atoms with Gasteiger partial charge in [0.15, 0.2) is 0 Å². The Balaban J connectivity index is 2.03. The van der Waals surface area contributed by atoms with Crippen molar-refractivity contribution in [2.75, 3.05) is 11.9 Å². The van der Waals surface area contributed by atoms with Gasteiger partial charge in [-0.1, -0.05) is 29.6 Å². The maximum Gasteiger partial charge on any atom is 0.265 e. The second-order valence-corrected chi connectivity index (χ2v) is 8.91. The number of alkyl halides is 2. The van der Waals surface area contributed by atoms with Crippen molar-refractivity contribution in [1.82, 2.24) is 4.31 Å². The van der Waals surface area contributed by atoms with Crippen LogP contribution < -0.4 is 5.32 Å². The molecule has 1 N–H and O–H groups in total. The SMILES string of the molecule is CC1CCCCN1S(=O)(=O)c1ccc2c(c1)C(Cl)(Cl)C(=O)N2. The summed E-state index contributed by atoms with van der Waals surface area (Å²) in [6, 6.07) is 4.36. The van der Waals surface area contributed by atoms with Crippen LogP contribution in [0.3, 0.4) is 0 Å². The van der Waals surface area contributed by atoms with Crippen LogP contribution in [0.2, 0.25) is 0 Å². The molecule has 3 rings (SSSR count). The lowest BCUT2D eigenvalue weighted by Crippen LogP contribution is -2.41. The summed E-state index contributed by atoms with van der Waals surface area (Å²) in [7, 11) is -3.62. The van der Waals surface area contributed by atoms with Gasteiger partial charge in [0.05, 0.1) is 4.90 Å². The second kappa shape index (κ2) is 5.37. The van der Waals surface area contributed by atoms with Gasteiger partial charge in [0.25, 0.3) is 5.91 Å². The van der Waals surface area contributed by atoms with Crippen molar-refractivity contribution >= 4 is 44.8 Å². The minimum Gasteiger partial charge on any atom is -0.323 e. The molecule has 1 saturated heterocycles. The quantitative estimate of drug-likeness (QED) is 0.822. The van der Waals surface area contributed by atoms with E-state index in [0.29, 0.717) is 12.2 Å². The Morgan fingerprint density at radius 3 is 2.73 bits per heavy atom. The summed E-state index contributed by atoms with van der Waals surface area (Å²) in [5.74, 6) is -0.563. The smallest absolute Gasteiger partial charge is 0.265 e. The van der Waals surface area contributed by atoms with E-state index in [1.165, 1.54) is 22.5 Å². The van der Waals surface area contributed by atoms with Crippen molar-refractivity contribution in [3.63, 3.8) is 0 Å². The van der Waals surface area contributed by atoms with Gasteiger partial charge in [-0.3, -0.25) is 4.79 Å². The molecule has 2 aliphatic rings. The minimum absolute atomic E-state index is 0.0384. The van der Waals surface area contributed by atoms with Gasteiger partial charge < -0.3 is 5.32 Å². The second-order valence-electron chi connectivity index (χ2n) is 5.70. The first-order valence-electron chi connectivity index (χ1n) is 7.10. The molecule has 5 nitrogen and oxygen atoms in total. The first-order chi connectivity index (χ1) is 10.2. The Morgan fingerprint density at radius 2 is 2.05 bits per heavy atom. The maximum atomic E-state index is 12.8. The zero-order chi connectivity index (χ0) is 16.1. The molecule has 1 amide bonds. The Hall–Kier alpha value is -0.820. The highest BCUT2D eigenvalue weighted by molar-refractivity contribution is 7.89. The summed E-state index contributed by atoms with van der Waals surface area (Å²) in [6.45, 7) is 2.41. The fourth-order valence-electron chi connectivity index (χ4n) is 2.94. The van der Waals surface area contributed by atoms with Crippen LogP contribution in [0.15, 0.2) is 23.1 Å². The number of rotatable bonds is 2. The van der Waals surface area contributed by atoms with Crippen molar-refractivity contribution < 1.29 is 13.2 Å². The van der Waals surface area contributed by atoms with Crippen molar-refractivity contribution in [3.8, 4) is 0 Å². The summed E-state index contributed by atoms with van der Waals surface area (Å²) in [5.41, 5.74) is 0.729. The third-order valence-electron chi connectivity index (χ3n) is 4.21. The Labute approximate surface area is 139 Å². The maximum absolute atomic E-state index is 12.8. The van der Waals surface area contributed by atoms with Crippen LogP contribution in [-0.4, -0.2) is 31.2 Å². The summed E-state index contributed by atoms with van der Waals surface area (Å²) in [5, 5.41) is 2.54. The van der Waals surface area contributed by atoms with Crippen LogP contribution >= 0.6 is 23.2 Å². The predicted octanol–water partition coefficient (Wildman–Crippen LogP) is 2.83. The highest BCUT2D eigenvalue weighted by Crippen LogP contribution is 2.45. The minimum atomic E-state index is -3.62. The van der Waals surface area contributed by atoms with Crippen molar-refractivity contribution in [2.45, 2.75) is 41.5 Å². The fraction of sp³-hybridized carbons (Fsp3) is 0.500. The Kier molecular flexibility index (Phi) is 3.92. The lowest BCUT2D eigenvalue weighted by Gasteiger charge is -2.32. The van der Waals surface area contributed by atoms with Crippen molar-refractivity contribution in [1.29, 1.82) is 0 Å². The number of carbonyl (C=O) groups is 1. The van der Waals surface area contributed by atoms with E-state index >= 15 is 0 Å². The molecular weight excluding hydrogens is 347 g/mol. The highest BCUT2D eigenvalue weighted by atomic mass is 35.5. The van der Waals surface area contributed by atoms with Gasteiger partial charge in [-0.05, 0) is 38.0 Å². The van der Waals surface area contributed by atoms with E-state index in [-0.39, 0.29) is 16.5 Å². The number of carbonyl (C=O) groups excluding carboxylic acids is 1. The summed E-state index contributed by atoms with van der Waals surface area (Å²) < 4.78 is 25.4. The van der Waals surface area contributed by atoms with Crippen molar-refractivity contribution in [3.05, 3.63) is 23.8 Å². The number of halogens is 2. The number of hydrogen-bond donors (Lipinski definition) is 1. The number of anilines is 1. The number of nitrogens with one attached hydrogen (secondary N) is 1. The van der Waals surface area contributed by atoms with E-state index in [9.17, 15) is 13.2 Å². The molecular formula is C14H16Cl2N2O3S. The molecule has 1 unspecified atom stereocenters. The van der Waals surface area contributed by atoms with Gasteiger partial charge in [-0.2, -0.15) is 4.31 Å². The number of nitrogens with zero attached hydrogens (tertiary/aromatic N) is 1. The molecule has 0 saturated carbocycles. The third kappa shape index (κ3) is 2.42. The van der Waals surface area contributed by atoms with Gasteiger partial charge >= 0.3 is 0 Å². The lowest BCUT2D eigenvalue weighted by atomic mass is 10.1. The zero-order valence-corrected chi connectivity index (χ0v) is 14.3. The molecule has 1 fully saturated rings. The number of piperidine rings is 1. The van der Waals surface area contributed by atoms with Gasteiger partial charge in [-0.15, -0.1) is 0 Å². The van der Waals surface area contributed by atoms with E-state index in [0.717, 1.165) is 19.3 Å². The molecule has 8 heteroatoms. The Morgan fingerprint density at radius 1 is 1.32 bits per heavy atom. The van der Waals surface area contributed by atoms with Crippen LogP contribution in [0, 0.1) is 0 Å². The molecule has 1 atom stereocenters. The molecule has 1 aromatic rings. The van der Waals surface area contributed by atoms with E-state index < -0.39 is 20.3 Å². The number of fused-ring (bicyclic) bond motifs is 1. The monoisotopic (exact) mass is 362 g/mol. The molecule has 0 aromatic heterocycles. The fourth-order valence-corrected chi connectivity index (χ4v) is 5.07. The molecule has 1 aromatic carbocycles. The van der Waals surface area contributed by atoms with E-state index in [1.54, 1.807) is 0 Å². The number of amides is 1. The number of benzene rings is 1. The van der Waals surface area contributed by atoms with Gasteiger partial charge in [-0.25, -0.2) is 8.42 Å². The average Bonchev–Trinajstić information content (AvgIpc) is 2.69. The highest BCUT2D eigenvalue weighted by Gasteiger charge is 2.44. The third-order valence-corrected chi connectivity index (χ3v) is 6.97. The molecule has 0 bridgehead atoms. The van der Waals surface area contributed by atoms with Gasteiger partial charge in [0.2, 0.25) is 14.4 Å². The van der Waals surface area contributed by atoms with Crippen LogP contribution in [0.5, 0.6) is 0 Å². The summed E-state index contributed by atoms with van der Waals surface area (Å²) in [6.07, 6.45) is 2.73. The summed E-state index contributed by atoms with van der Waals surface area (Å²) >= 11 is 12.1. The molecule has 0 spiro atoms. The molecule has 2 heterocycles. The topological polar surface area (TPSA) is 66.5 Å². The van der Waals surface area contributed by atoms with E-state index in [4.69, 9.17) is 23.2 Å². The van der Waals surface area contributed by atoms with Gasteiger partial charge in [0, 0.05) is 23.8 Å². The first kappa shape index (κ1) is 16.1. The van der Waals surface area contributed by atoms with Crippen LogP contribution in [0.1, 0.15) is 31.7 Å².